The number of rotatable bonds is 5. The van der Waals surface area contributed by atoms with Gasteiger partial charge in [0.1, 0.15) is 23.5 Å². The third-order valence-electron chi connectivity index (χ3n) is 3.95. The average molecular weight is 362 g/mol. The van der Waals surface area contributed by atoms with E-state index in [0.717, 1.165) is 5.56 Å². The van der Waals surface area contributed by atoms with Crippen LogP contribution >= 0.6 is 0 Å². The summed E-state index contributed by atoms with van der Waals surface area (Å²) >= 11 is 0. The van der Waals surface area contributed by atoms with Crippen molar-refractivity contribution in [3.63, 3.8) is 0 Å². The first-order valence-electron chi connectivity index (χ1n) is 8.24. The number of benzene rings is 2. The van der Waals surface area contributed by atoms with E-state index in [2.05, 4.69) is 30.8 Å². The second kappa shape index (κ2) is 7.20. The zero-order valence-electron chi connectivity index (χ0n) is 14.1. The van der Waals surface area contributed by atoms with Crippen molar-refractivity contribution in [3.05, 3.63) is 83.7 Å². The molecule has 4 aromatic rings. The first-order valence-corrected chi connectivity index (χ1v) is 8.24. The molecule has 8 heteroatoms. The minimum Gasteiger partial charge on any atom is -0.337 e. The van der Waals surface area contributed by atoms with Crippen LogP contribution in [0.1, 0.15) is 21.7 Å². The number of nitrogens with zero attached hydrogens (tertiary/aromatic N) is 3. The van der Waals surface area contributed by atoms with Crippen molar-refractivity contribution in [3.8, 4) is 0 Å². The monoisotopic (exact) mass is 362 g/mol. The molecular formula is C19H15FN6O. The maximum atomic E-state index is 13.0. The number of aromatic amines is 1. The number of anilines is 1. The van der Waals surface area contributed by atoms with Gasteiger partial charge in [0.25, 0.3) is 5.91 Å². The van der Waals surface area contributed by atoms with E-state index in [1.54, 1.807) is 36.4 Å². The lowest BCUT2D eigenvalue weighted by Crippen LogP contribution is -2.29. The largest absolute Gasteiger partial charge is 0.337 e. The highest BCUT2D eigenvalue weighted by Crippen LogP contribution is 2.18. The van der Waals surface area contributed by atoms with Gasteiger partial charge in [-0.15, -0.1) is 0 Å². The third kappa shape index (κ3) is 3.74. The Balaban J connectivity index is 1.52. The van der Waals surface area contributed by atoms with Crippen molar-refractivity contribution in [1.29, 1.82) is 0 Å². The summed E-state index contributed by atoms with van der Waals surface area (Å²) in [6, 6.07) is 15.1. The van der Waals surface area contributed by atoms with Gasteiger partial charge in [-0.25, -0.2) is 19.3 Å². The summed E-state index contributed by atoms with van der Waals surface area (Å²) in [4.78, 5) is 28.0. The highest BCUT2D eigenvalue weighted by molar-refractivity contribution is 5.95. The molecule has 0 bridgehead atoms. The van der Waals surface area contributed by atoms with Gasteiger partial charge in [0, 0.05) is 12.0 Å². The fourth-order valence-electron chi connectivity index (χ4n) is 2.63. The number of aromatic nitrogens is 4. The van der Waals surface area contributed by atoms with E-state index in [-0.39, 0.29) is 11.7 Å². The van der Waals surface area contributed by atoms with Gasteiger partial charge in [-0.2, -0.15) is 0 Å². The molecule has 7 nitrogen and oxygen atoms in total. The predicted molar refractivity (Wildman–Crippen MR) is 98.4 cm³/mol. The summed E-state index contributed by atoms with van der Waals surface area (Å²) in [6.07, 6.45) is 1.86. The summed E-state index contributed by atoms with van der Waals surface area (Å²) < 4.78 is 13.0. The number of carbonyl (C=O) groups is 1. The van der Waals surface area contributed by atoms with Crippen LogP contribution in [0, 0.1) is 5.82 Å². The van der Waals surface area contributed by atoms with Gasteiger partial charge < -0.3 is 4.98 Å². The number of hydrogen-bond acceptors (Lipinski definition) is 5. The van der Waals surface area contributed by atoms with E-state index in [9.17, 15) is 9.18 Å². The predicted octanol–water partition coefficient (Wildman–Crippen LogP) is 2.84. The standard InChI is InChI=1S/C19H15FN6O/c20-14-8-6-12(7-9-14)10-15-23-16-17(24-15)21-11-22-18(16)25-26-19(27)13-4-2-1-3-5-13/h1-9,11H,10H2,(H,26,27)(H2,21,22,23,24,25). The molecule has 2 aromatic heterocycles. The molecule has 2 heterocycles. The molecule has 0 aliphatic rings. The minimum absolute atomic E-state index is 0.283. The van der Waals surface area contributed by atoms with Gasteiger partial charge in [-0.3, -0.25) is 15.6 Å². The van der Waals surface area contributed by atoms with Crippen LogP contribution in [0.25, 0.3) is 11.2 Å². The normalized spacial score (nSPS) is 10.7. The van der Waals surface area contributed by atoms with E-state index in [1.165, 1.54) is 18.5 Å². The molecule has 0 unspecified atom stereocenters. The molecular weight excluding hydrogens is 347 g/mol. The van der Waals surface area contributed by atoms with Crippen LogP contribution in [0.5, 0.6) is 0 Å². The number of halogens is 1. The molecule has 134 valence electrons. The maximum absolute atomic E-state index is 13.0. The van der Waals surface area contributed by atoms with Gasteiger partial charge in [-0.05, 0) is 29.8 Å². The third-order valence-corrected chi connectivity index (χ3v) is 3.95. The van der Waals surface area contributed by atoms with Crippen LogP contribution < -0.4 is 10.9 Å². The van der Waals surface area contributed by atoms with Gasteiger partial charge >= 0.3 is 0 Å². The molecule has 27 heavy (non-hydrogen) atoms. The molecule has 0 atom stereocenters. The smallest absolute Gasteiger partial charge is 0.269 e. The summed E-state index contributed by atoms with van der Waals surface area (Å²) in [5.74, 6) is 0.500. The number of hydrazine groups is 1. The Labute approximate surface area is 153 Å². The van der Waals surface area contributed by atoms with Crippen LogP contribution in [0.3, 0.4) is 0 Å². The first-order chi connectivity index (χ1) is 13.2. The summed E-state index contributed by atoms with van der Waals surface area (Å²) in [6.45, 7) is 0. The van der Waals surface area contributed by atoms with Crippen molar-refractivity contribution in [2.24, 2.45) is 0 Å². The topological polar surface area (TPSA) is 95.6 Å². The highest BCUT2D eigenvalue weighted by atomic mass is 19.1. The van der Waals surface area contributed by atoms with Crippen molar-refractivity contribution in [2.75, 3.05) is 5.43 Å². The molecule has 0 aliphatic carbocycles. The fraction of sp³-hybridized carbons (Fsp3) is 0.0526. The summed E-state index contributed by atoms with van der Waals surface area (Å²) in [7, 11) is 0. The van der Waals surface area contributed by atoms with E-state index in [0.29, 0.717) is 34.8 Å². The molecule has 1 amide bonds. The lowest BCUT2D eigenvalue weighted by atomic mass is 10.1. The molecule has 0 saturated carbocycles. The summed E-state index contributed by atoms with van der Waals surface area (Å²) in [5, 5.41) is 0. The van der Waals surface area contributed by atoms with Crippen LogP contribution in [0.2, 0.25) is 0 Å². The molecule has 0 aliphatic heterocycles. The lowest BCUT2D eigenvalue weighted by molar-refractivity contribution is 0.0962. The highest BCUT2D eigenvalue weighted by Gasteiger charge is 2.11. The van der Waals surface area contributed by atoms with Crippen LogP contribution in [-0.2, 0) is 6.42 Å². The van der Waals surface area contributed by atoms with Gasteiger partial charge in [0.05, 0.1) is 0 Å². The van der Waals surface area contributed by atoms with Crippen molar-refractivity contribution < 1.29 is 9.18 Å². The number of hydrogen-bond donors (Lipinski definition) is 3. The van der Waals surface area contributed by atoms with Gasteiger partial charge in [0.15, 0.2) is 11.5 Å². The van der Waals surface area contributed by atoms with Crippen molar-refractivity contribution in [2.45, 2.75) is 6.42 Å². The second-order valence-electron chi connectivity index (χ2n) is 5.85. The molecule has 0 radical (unpaired) electrons. The number of nitrogens with one attached hydrogen (secondary N) is 3. The Morgan fingerprint density at radius 2 is 1.81 bits per heavy atom. The van der Waals surface area contributed by atoms with Crippen LogP contribution in [0.4, 0.5) is 10.2 Å². The Hall–Kier alpha value is -3.81. The van der Waals surface area contributed by atoms with E-state index in [1.807, 2.05) is 6.07 Å². The zero-order valence-corrected chi connectivity index (χ0v) is 14.1. The minimum atomic E-state index is -0.284. The lowest BCUT2D eigenvalue weighted by Gasteiger charge is -2.07. The van der Waals surface area contributed by atoms with Crippen LogP contribution in [0.15, 0.2) is 60.9 Å². The molecule has 4 rings (SSSR count). The molecule has 0 saturated heterocycles. The molecule has 3 N–H and O–H groups in total. The zero-order chi connectivity index (χ0) is 18.6. The van der Waals surface area contributed by atoms with E-state index in [4.69, 9.17) is 0 Å². The van der Waals surface area contributed by atoms with Crippen molar-refractivity contribution in [1.82, 2.24) is 25.4 Å². The quantitative estimate of drug-likeness (QED) is 0.475. The van der Waals surface area contributed by atoms with Gasteiger partial charge in [-0.1, -0.05) is 30.3 Å². The van der Waals surface area contributed by atoms with Crippen LogP contribution in [-0.4, -0.2) is 25.8 Å². The fourth-order valence-corrected chi connectivity index (χ4v) is 2.63. The number of fused-ring (bicyclic) bond motifs is 1. The van der Waals surface area contributed by atoms with Gasteiger partial charge in [0.2, 0.25) is 0 Å². The Kier molecular flexibility index (Phi) is 4.44. The summed E-state index contributed by atoms with van der Waals surface area (Å²) in [5.41, 5.74) is 7.88. The Morgan fingerprint density at radius 1 is 1.04 bits per heavy atom. The maximum Gasteiger partial charge on any atom is 0.269 e. The first kappa shape index (κ1) is 16.6. The number of amides is 1. The van der Waals surface area contributed by atoms with Crippen molar-refractivity contribution >= 4 is 22.9 Å². The Morgan fingerprint density at radius 3 is 2.59 bits per heavy atom. The van der Waals surface area contributed by atoms with E-state index < -0.39 is 0 Å². The molecule has 0 spiro atoms. The number of imidazole rings is 1. The Bertz CT molecular complexity index is 1080. The number of H-pyrrole nitrogens is 1. The average Bonchev–Trinajstić information content (AvgIpc) is 3.11. The SMILES string of the molecule is O=C(NNc1ncnc2nc(Cc3ccc(F)cc3)[nH]c12)c1ccccc1. The molecule has 2 aromatic carbocycles. The van der Waals surface area contributed by atoms with E-state index >= 15 is 0 Å². The molecule has 0 fully saturated rings. The number of carbonyl (C=O) groups excluding carboxylic acids is 1. The second-order valence-corrected chi connectivity index (χ2v) is 5.85.